The van der Waals surface area contributed by atoms with E-state index < -0.39 is 17.6 Å². The van der Waals surface area contributed by atoms with Crippen LogP contribution < -0.4 is 10.1 Å². The number of hydrogen-bond acceptors (Lipinski definition) is 4. The Morgan fingerprint density at radius 3 is 2.74 bits per heavy atom. The summed E-state index contributed by atoms with van der Waals surface area (Å²) in [6, 6.07) is 8.76. The van der Waals surface area contributed by atoms with Gasteiger partial charge >= 0.3 is 0 Å². The van der Waals surface area contributed by atoms with Gasteiger partial charge in [-0.25, -0.2) is 4.39 Å². The Hall–Kier alpha value is -2.35. The predicted octanol–water partition coefficient (Wildman–Crippen LogP) is 3.70. The van der Waals surface area contributed by atoms with E-state index in [-0.39, 0.29) is 41.2 Å². The lowest BCUT2D eigenvalue weighted by atomic mass is 9.75. The van der Waals surface area contributed by atoms with E-state index in [0.29, 0.717) is 35.4 Å². The highest BCUT2D eigenvalue weighted by atomic mass is 35.5. The molecule has 0 saturated heterocycles. The Kier molecular flexibility index (Phi) is 4.88. The van der Waals surface area contributed by atoms with E-state index in [1.807, 2.05) is 0 Å². The molecule has 9 heteroatoms. The standard InChI is InChI=1S/C22H19Cl2FN2O4/c23-12-1-3-14-15(5-12)21(30)27(20(14)29)22-7-11(8-22)18(9-22)26-19(28)10-31-13-2-4-16(24)17(25)6-13/h1-6,11,18,21,30H,7-10H2,(H,26,28)/t11?,18-,21+,22?/m1/s1. The van der Waals surface area contributed by atoms with Crippen LogP contribution in [0.25, 0.3) is 0 Å². The maximum Gasteiger partial charge on any atom is 0.258 e. The Morgan fingerprint density at radius 1 is 1.23 bits per heavy atom. The molecule has 4 aliphatic rings. The minimum absolute atomic E-state index is 0.0177. The number of amides is 2. The van der Waals surface area contributed by atoms with Crippen molar-refractivity contribution in [1.29, 1.82) is 0 Å². The third kappa shape index (κ3) is 3.35. The van der Waals surface area contributed by atoms with Crippen LogP contribution in [0.5, 0.6) is 5.75 Å². The average molecular weight is 465 g/mol. The molecule has 6 nitrogen and oxygen atoms in total. The molecule has 3 aliphatic carbocycles. The van der Waals surface area contributed by atoms with Crippen molar-refractivity contribution >= 4 is 35.0 Å². The normalized spacial score (nSPS) is 28.3. The molecule has 0 radical (unpaired) electrons. The second-order valence-electron chi connectivity index (χ2n) is 8.42. The monoisotopic (exact) mass is 464 g/mol. The summed E-state index contributed by atoms with van der Waals surface area (Å²) in [4.78, 5) is 26.9. The van der Waals surface area contributed by atoms with E-state index in [0.717, 1.165) is 6.07 Å². The van der Waals surface area contributed by atoms with Crippen molar-refractivity contribution in [3.8, 4) is 5.75 Å². The maximum absolute atomic E-state index is 13.5. The van der Waals surface area contributed by atoms with Gasteiger partial charge in [0.1, 0.15) is 11.6 Å². The summed E-state index contributed by atoms with van der Waals surface area (Å²) < 4.78 is 18.8. The summed E-state index contributed by atoms with van der Waals surface area (Å²) in [5, 5.41) is 14.2. The Labute approximate surface area is 187 Å². The molecular formula is C22H19Cl2FN2O4. The van der Waals surface area contributed by atoms with Crippen LogP contribution in [0.1, 0.15) is 41.4 Å². The molecule has 0 spiro atoms. The van der Waals surface area contributed by atoms with E-state index in [1.54, 1.807) is 23.1 Å². The lowest BCUT2D eigenvalue weighted by Crippen LogP contribution is -2.53. The smallest absolute Gasteiger partial charge is 0.258 e. The fraction of sp³-hybridized carbons (Fsp3) is 0.364. The van der Waals surface area contributed by atoms with Crippen molar-refractivity contribution in [2.75, 3.05) is 6.61 Å². The number of carbonyl (C=O) groups excluding carboxylic acids is 2. The van der Waals surface area contributed by atoms with Gasteiger partial charge < -0.3 is 20.1 Å². The highest BCUT2D eigenvalue weighted by Gasteiger charge is 2.63. The van der Waals surface area contributed by atoms with Gasteiger partial charge in [0.2, 0.25) is 0 Å². The van der Waals surface area contributed by atoms with Gasteiger partial charge in [0, 0.05) is 33.8 Å². The number of carbonyl (C=O) groups is 2. The van der Waals surface area contributed by atoms with Gasteiger partial charge in [-0.05, 0) is 55.5 Å². The molecule has 0 aromatic heterocycles. The Balaban J connectivity index is 1.22. The van der Waals surface area contributed by atoms with Crippen LogP contribution in [-0.2, 0) is 4.79 Å². The van der Waals surface area contributed by atoms with Crippen molar-refractivity contribution in [3.63, 3.8) is 0 Å². The molecule has 162 valence electrons. The number of rotatable bonds is 5. The molecule has 2 atom stereocenters. The maximum atomic E-state index is 13.5. The minimum atomic E-state index is -1.04. The molecule has 2 bridgehead atoms. The van der Waals surface area contributed by atoms with Crippen molar-refractivity contribution in [2.24, 2.45) is 5.92 Å². The van der Waals surface area contributed by atoms with Crippen molar-refractivity contribution in [1.82, 2.24) is 10.2 Å². The van der Waals surface area contributed by atoms with Crippen molar-refractivity contribution in [3.05, 3.63) is 63.4 Å². The molecule has 3 fully saturated rings. The van der Waals surface area contributed by atoms with Gasteiger partial charge in [0.25, 0.3) is 11.8 Å². The van der Waals surface area contributed by atoms with Crippen LogP contribution in [0.3, 0.4) is 0 Å². The van der Waals surface area contributed by atoms with Gasteiger partial charge in [-0.2, -0.15) is 0 Å². The number of ether oxygens (including phenoxy) is 1. The number of nitrogens with zero attached hydrogens (tertiary/aromatic N) is 1. The molecule has 0 unspecified atom stereocenters. The van der Waals surface area contributed by atoms with Crippen LogP contribution in [0.4, 0.5) is 4.39 Å². The number of fused-ring (bicyclic) bond motifs is 2. The van der Waals surface area contributed by atoms with E-state index in [9.17, 15) is 19.1 Å². The second-order valence-corrected chi connectivity index (χ2v) is 9.26. The second kappa shape index (κ2) is 7.36. The van der Waals surface area contributed by atoms with Gasteiger partial charge in [-0.1, -0.05) is 23.2 Å². The number of aliphatic hydroxyl groups excluding tert-OH is 1. The van der Waals surface area contributed by atoms with Crippen molar-refractivity contribution < 1.29 is 23.8 Å². The Bertz CT molecular complexity index is 1090. The molecule has 3 saturated carbocycles. The number of nitrogens with one attached hydrogen (secondary N) is 1. The molecule has 2 amide bonds. The summed E-state index contributed by atoms with van der Waals surface area (Å²) in [6.45, 7) is -0.257. The highest BCUT2D eigenvalue weighted by Crippen LogP contribution is 2.58. The van der Waals surface area contributed by atoms with Crippen LogP contribution in [-0.4, -0.2) is 40.0 Å². The van der Waals surface area contributed by atoms with Gasteiger partial charge in [0.15, 0.2) is 12.8 Å². The largest absolute Gasteiger partial charge is 0.484 e. The first-order valence-electron chi connectivity index (χ1n) is 9.96. The van der Waals surface area contributed by atoms with E-state index in [2.05, 4.69) is 5.32 Å². The molecular weight excluding hydrogens is 446 g/mol. The number of hydrogen-bond donors (Lipinski definition) is 2. The van der Waals surface area contributed by atoms with Crippen LogP contribution >= 0.6 is 23.2 Å². The lowest BCUT2D eigenvalue weighted by Gasteiger charge is -2.47. The molecule has 6 rings (SSSR count). The topological polar surface area (TPSA) is 78.9 Å². The first kappa shape index (κ1) is 20.5. The van der Waals surface area contributed by atoms with Gasteiger partial charge in [-0.15, -0.1) is 0 Å². The minimum Gasteiger partial charge on any atom is -0.484 e. The zero-order valence-corrected chi connectivity index (χ0v) is 17.8. The number of halogens is 3. The molecule has 31 heavy (non-hydrogen) atoms. The SMILES string of the molecule is O=C(COc1ccc(Cl)c(F)c1)N[C@@H]1CC2(N3C(=O)c4ccc(Cl)cc4[C@@H]3O)CC1C2. The molecule has 1 heterocycles. The lowest BCUT2D eigenvalue weighted by molar-refractivity contribution is -0.124. The quantitative estimate of drug-likeness (QED) is 0.706. The summed E-state index contributed by atoms with van der Waals surface area (Å²) in [6.07, 6.45) is 0.945. The zero-order chi connectivity index (χ0) is 21.9. The number of aliphatic hydroxyl groups is 1. The summed E-state index contributed by atoms with van der Waals surface area (Å²) >= 11 is 11.7. The van der Waals surface area contributed by atoms with Gasteiger partial charge in [0.05, 0.1) is 5.02 Å². The van der Waals surface area contributed by atoms with Crippen LogP contribution in [0, 0.1) is 11.7 Å². The van der Waals surface area contributed by atoms with Crippen molar-refractivity contribution in [2.45, 2.75) is 37.1 Å². The fourth-order valence-corrected chi connectivity index (χ4v) is 5.47. The first-order chi connectivity index (χ1) is 14.8. The fourth-order valence-electron chi connectivity index (χ4n) is 5.17. The molecule has 1 aliphatic heterocycles. The van der Waals surface area contributed by atoms with E-state index in [1.165, 1.54) is 12.1 Å². The molecule has 2 N–H and O–H groups in total. The highest BCUT2D eigenvalue weighted by molar-refractivity contribution is 6.31. The predicted molar refractivity (Wildman–Crippen MR) is 111 cm³/mol. The van der Waals surface area contributed by atoms with Crippen LogP contribution in [0.15, 0.2) is 36.4 Å². The first-order valence-corrected chi connectivity index (χ1v) is 10.7. The number of benzene rings is 2. The molecule has 2 aromatic carbocycles. The third-order valence-electron chi connectivity index (χ3n) is 6.56. The van der Waals surface area contributed by atoms with E-state index in [4.69, 9.17) is 27.9 Å². The molecule has 2 aromatic rings. The van der Waals surface area contributed by atoms with Gasteiger partial charge in [-0.3, -0.25) is 9.59 Å². The average Bonchev–Trinajstić information content (AvgIpc) is 3.30. The van der Waals surface area contributed by atoms with Crippen LogP contribution in [0.2, 0.25) is 10.0 Å². The zero-order valence-electron chi connectivity index (χ0n) is 16.3. The summed E-state index contributed by atoms with van der Waals surface area (Å²) in [7, 11) is 0. The van der Waals surface area contributed by atoms with E-state index >= 15 is 0 Å². The summed E-state index contributed by atoms with van der Waals surface area (Å²) in [5.41, 5.74) is 0.502. The third-order valence-corrected chi connectivity index (χ3v) is 7.10. The Morgan fingerprint density at radius 2 is 2.00 bits per heavy atom. The summed E-state index contributed by atoms with van der Waals surface area (Å²) in [5.74, 6) is -0.714.